The third-order valence-corrected chi connectivity index (χ3v) is 2.17. The van der Waals surface area contributed by atoms with Crippen LogP contribution >= 0.6 is 0 Å². The Morgan fingerprint density at radius 3 is 2.71 bits per heavy atom. The highest BCUT2D eigenvalue weighted by Crippen LogP contribution is 2.24. The van der Waals surface area contributed by atoms with Crippen LogP contribution in [0.1, 0.15) is 0 Å². The summed E-state index contributed by atoms with van der Waals surface area (Å²) in [5, 5.41) is 10.5. The van der Waals surface area contributed by atoms with Gasteiger partial charge in [0.1, 0.15) is 6.54 Å². The number of hydrogen-bond donors (Lipinski definition) is 0. The molecular weight excluding hydrogens is 239 g/mol. The normalized spacial score (nSPS) is 11.9. The maximum Gasteiger partial charge on any atom is 0.406 e. The Bertz CT molecular complexity index is 576. The highest BCUT2D eigenvalue weighted by Gasteiger charge is 2.28. The van der Waals surface area contributed by atoms with Crippen LogP contribution in [-0.4, -0.2) is 20.7 Å². The van der Waals surface area contributed by atoms with Crippen molar-refractivity contribution in [3.8, 4) is 0 Å². The minimum atomic E-state index is -4.39. The molecule has 0 saturated heterocycles. The Labute approximate surface area is 92.6 Å². The van der Waals surface area contributed by atoms with E-state index in [9.17, 15) is 23.3 Å². The minimum absolute atomic E-state index is 0.0940. The van der Waals surface area contributed by atoms with E-state index < -0.39 is 17.6 Å². The molecule has 0 bridgehead atoms. The first-order valence-electron chi connectivity index (χ1n) is 4.53. The Morgan fingerprint density at radius 1 is 1.41 bits per heavy atom. The van der Waals surface area contributed by atoms with Crippen LogP contribution in [0, 0.1) is 10.1 Å². The van der Waals surface area contributed by atoms with Gasteiger partial charge in [0, 0.05) is 12.1 Å². The molecule has 1 heterocycles. The molecule has 1 aromatic carbocycles. The van der Waals surface area contributed by atoms with E-state index in [1.807, 2.05) is 0 Å². The zero-order chi connectivity index (χ0) is 12.6. The molecule has 0 aliphatic rings. The van der Waals surface area contributed by atoms with Gasteiger partial charge < -0.3 is 4.57 Å². The third kappa shape index (κ3) is 2.35. The lowest BCUT2D eigenvalue weighted by Gasteiger charge is -2.07. The van der Waals surface area contributed by atoms with Gasteiger partial charge in [-0.3, -0.25) is 10.1 Å². The van der Waals surface area contributed by atoms with Crippen LogP contribution in [0.25, 0.3) is 11.0 Å². The van der Waals surface area contributed by atoms with Gasteiger partial charge >= 0.3 is 6.18 Å². The number of rotatable bonds is 2. The minimum Gasteiger partial charge on any atom is -0.321 e. The largest absolute Gasteiger partial charge is 0.406 e. The standard InChI is InChI=1S/C9H6F3N3O2/c10-9(11,12)4-14-5-13-7-2-1-6(15(16)17)3-8(7)14/h1-3,5H,4H2. The van der Waals surface area contributed by atoms with Crippen LogP contribution in [0.4, 0.5) is 18.9 Å². The number of halogens is 3. The van der Waals surface area contributed by atoms with Crippen LogP contribution in [0.5, 0.6) is 0 Å². The first-order chi connectivity index (χ1) is 7.87. The quantitative estimate of drug-likeness (QED) is 0.603. The van der Waals surface area contributed by atoms with Crippen molar-refractivity contribution in [2.75, 3.05) is 0 Å². The molecule has 8 heteroatoms. The number of non-ortho nitro benzene ring substituents is 1. The molecule has 90 valence electrons. The number of hydrogen-bond acceptors (Lipinski definition) is 3. The molecule has 5 nitrogen and oxygen atoms in total. The highest BCUT2D eigenvalue weighted by atomic mass is 19.4. The SMILES string of the molecule is O=[N+]([O-])c1ccc2ncn(CC(F)(F)F)c2c1. The van der Waals surface area contributed by atoms with Gasteiger partial charge in [0.2, 0.25) is 0 Å². The zero-order valence-corrected chi connectivity index (χ0v) is 8.31. The molecule has 17 heavy (non-hydrogen) atoms. The molecule has 1 aromatic heterocycles. The monoisotopic (exact) mass is 245 g/mol. The van der Waals surface area contributed by atoms with E-state index in [2.05, 4.69) is 4.98 Å². The number of benzene rings is 1. The van der Waals surface area contributed by atoms with Crippen LogP contribution in [0.15, 0.2) is 24.5 Å². The van der Waals surface area contributed by atoms with Crippen LogP contribution in [0.3, 0.4) is 0 Å². The van der Waals surface area contributed by atoms with E-state index in [4.69, 9.17) is 0 Å². The third-order valence-electron chi connectivity index (χ3n) is 2.17. The van der Waals surface area contributed by atoms with E-state index in [0.29, 0.717) is 5.52 Å². The predicted octanol–water partition coefficient (Wildman–Crippen LogP) is 2.51. The summed E-state index contributed by atoms with van der Waals surface area (Å²) in [5.41, 5.74) is 0.123. The molecule has 0 unspecified atom stereocenters. The summed E-state index contributed by atoms with van der Waals surface area (Å²) < 4.78 is 37.5. The Hall–Kier alpha value is -2.12. The average molecular weight is 245 g/mol. The molecule has 0 saturated carbocycles. The zero-order valence-electron chi connectivity index (χ0n) is 8.31. The Morgan fingerprint density at radius 2 is 2.12 bits per heavy atom. The van der Waals surface area contributed by atoms with E-state index in [1.54, 1.807) is 0 Å². The molecule has 0 atom stereocenters. The summed E-state index contributed by atoms with van der Waals surface area (Å²) in [6, 6.07) is 3.60. The molecule has 0 radical (unpaired) electrons. The molecule has 0 spiro atoms. The number of imidazole rings is 1. The molecule has 2 rings (SSSR count). The van der Waals surface area contributed by atoms with E-state index in [0.717, 1.165) is 17.0 Å². The van der Waals surface area contributed by atoms with Crippen molar-refractivity contribution in [3.63, 3.8) is 0 Å². The van der Waals surface area contributed by atoms with Crippen molar-refractivity contribution in [2.24, 2.45) is 0 Å². The average Bonchev–Trinajstić information content (AvgIpc) is 2.58. The van der Waals surface area contributed by atoms with Crippen molar-refractivity contribution in [2.45, 2.75) is 12.7 Å². The van der Waals surface area contributed by atoms with Crippen molar-refractivity contribution in [3.05, 3.63) is 34.6 Å². The van der Waals surface area contributed by atoms with Crippen LogP contribution in [-0.2, 0) is 6.54 Å². The van der Waals surface area contributed by atoms with Gasteiger partial charge in [-0.05, 0) is 6.07 Å². The van der Waals surface area contributed by atoms with Gasteiger partial charge in [-0.2, -0.15) is 13.2 Å². The smallest absolute Gasteiger partial charge is 0.321 e. The van der Waals surface area contributed by atoms with E-state index >= 15 is 0 Å². The number of fused-ring (bicyclic) bond motifs is 1. The lowest BCUT2D eigenvalue weighted by atomic mass is 10.3. The van der Waals surface area contributed by atoms with E-state index in [-0.39, 0.29) is 11.2 Å². The highest BCUT2D eigenvalue weighted by molar-refractivity contribution is 5.78. The fraction of sp³-hybridized carbons (Fsp3) is 0.222. The molecular formula is C9H6F3N3O2. The summed E-state index contributed by atoms with van der Waals surface area (Å²) >= 11 is 0. The summed E-state index contributed by atoms with van der Waals surface area (Å²) in [4.78, 5) is 13.6. The maximum atomic E-state index is 12.2. The van der Waals surface area contributed by atoms with Crippen molar-refractivity contribution in [1.29, 1.82) is 0 Å². The van der Waals surface area contributed by atoms with Gasteiger partial charge in [0.25, 0.3) is 5.69 Å². The summed E-state index contributed by atoms with van der Waals surface area (Å²) in [6.07, 6.45) is -3.37. The van der Waals surface area contributed by atoms with Crippen LogP contribution in [0.2, 0.25) is 0 Å². The first-order valence-corrected chi connectivity index (χ1v) is 4.53. The summed E-state index contributed by atoms with van der Waals surface area (Å²) in [5.74, 6) is 0. The molecule has 0 fully saturated rings. The number of nitro groups is 1. The number of nitrogens with zero attached hydrogens (tertiary/aromatic N) is 3. The van der Waals surface area contributed by atoms with Crippen molar-refractivity contribution in [1.82, 2.24) is 9.55 Å². The predicted molar refractivity (Wildman–Crippen MR) is 52.4 cm³/mol. The topological polar surface area (TPSA) is 61.0 Å². The fourth-order valence-electron chi connectivity index (χ4n) is 1.48. The lowest BCUT2D eigenvalue weighted by molar-refractivity contribution is -0.384. The van der Waals surface area contributed by atoms with Crippen molar-refractivity contribution < 1.29 is 18.1 Å². The van der Waals surface area contributed by atoms with E-state index in [1.165, 1.54) is 12.1 Å². The molecule has 0 aliphatic heterocycles. The number of nitro benzene ring substituents is 1. The lowest BCUT2D eigenvalue weighted by Crippen LogP contribution is -2.16. The van der Waals surface area contributed by atoms with Gasteiger partial charge in [-0.25, -0.2) is 4.98 Å². The second kappa shape index (κ2) is 3.72. The Kier molecular flexibility index (Phi) is 2.49. The molecule has 0 aliphatic carbocycles. The first kappa shape index (κ1) is 11.4. The fourth-order valence-corrected chi connectivity index (χ4v) is 1.48. The second-order valence-electron chi connectivity index (χ2n) is 3.42. The molecule has 0 N–H and O–H groups in total. The van der Waals surface area contributed by atoms with Gasteiger partial charge in [0.15, 0.2) is 0 Å². The van der Waals surface area contributed by atoms with Gasteiger partial charge in [0.05, 0.1) is 22.3 Å². The van der Waals surface area contributed by atoms with Gasteiger partial charge in [-0.15, -0.1) is 0 Å². The van der Waals surface area contributed by atoms with Gasteiger partial charge in [-0.1, -0.05) is 0 Å². The number of aromatic nitrogens is 2. The summed E-state index contributed by atoms with van der Waals surface area (Å²) in [6.45, 7) is -1.22. The summed E-state index contributed by atoms with van der Waals surface area (Å²) in [7, 11) is 0. The number of alkyl halides is 3. The van der Waals surface area contributed by atoms with Crippen molar-refractivity contribution >= 4 is 16.7 Å². The molecule has 0 amide bonds. The second-order valence-corrected chi connectivity index (χ2v) is 3.42. The maximum absolute atomic E-state index is 12.2. The van der Waals surface area contributed by atoms with Crippen LogP contribution < -0.4 is 0 Å². The Balaban J connectivity index is 2.50. The molecule has 2 aromatic rings.